The van der Waals surface area contributed by atoms with E-state index in [0.29, 0.717) is 12.0 Å². The fourth-order valence-corrected chi connectivity index (χ4v) is 1.89. The highest BCUT2D eigenvalue weighted by Gasteiger charge is 2.18. The second-order valence-electron chi connectivity index (χ2n) is 4.37. The number of nitrogens with zero attached hydrogens (tertiary/aromatic N) is 1. The molecule has 0 bridgehead atoms. The third-order valence-electron chi connectivity index (χ3n) is 2.94. The largest absolute Gasteiger partial charge is 0.481 e. The van der Waals surface area contributed by atoms with Crippen LogP contribution in [0.4, 0.5) is 4.39 Å². The number of aromatic nitrogens is 1. The first-order chi connectivity index (χ1) is 9.66. The Bertz CT molecular complexity index is 594. The van der Waals surface area contributed by atoms with Gasteiger partial charge in [-0.1, -0.05) is 30.4 Å². The Morgan fingerprint density at radius 3 is 2.65 bits per heavy atom. The lowest BCUT2D eigenvalue weighted by Gasteiger charge is -2.10. The minimum Gasteiger partial charge on any atom is -0.481 e. The molecule has 0 aliphatic heterocycles. The fraction of sp³-hybridized carbons (Fsp3) is 0.125. The number of rotatable bonds is 5. The number of carbonyl (C=O) groups is 1. The number of hydrogen-bond donors (Lipinski definition) is 1. The van der Waals surface area contributed by atoms with E-state index in [1.165, 1.54) is 24.3 Å². The topological polar surface area (TPSA) is 50.2 Å². The molecule has 1 aromatic carbocycles. The molecule has 1 aromatic heterocycles. The van der Waals surface area contributed by atoms with E-state index < -0.39 is 11.9 Å². The van der Waals surface area contributed by atoms with Crippen LogP contribution in [0.3, 0.4) is 0 Å². The van der Waals surface area contributed by atoms with Crippen LogP contribution in [0.2, 0.25) is 0 Å². The van der Waals surface area contributed by atoms with Gasteiger partial charge in [0.25, 0.3) is 0 Å². The molecular weight excluding hydrogens is 257 g/mol. The molecule has 0 amide bonds. The second kappa shape index (κ2) is 6.61. The van der Waals surface area contributed by atoms with Gasteiger partial charge in [-0.15, -0.1) is 0 Å². The summed E-state index contributed by atoms with van der Waals surface area (Å²) < 4.78 is 12.9. The molecule has 0 saturated heterocycles. The zero-order chi connectivity index (χ0) is 14.4. The Morgan fingerprint density at radius 2 is 2.05 bits per heavy atom. The summed E-state index contributed by atoms with van der Waals surface area (Å²) in [5.41, 5.74) is 1.51. The SMILES string of the molecule is O=C(O)C(CC=Cc1cccnc1)c1ccc(F)cc1. The van der Waals surface area contributed by atoms with Gasteiger partial charge in [-0.2, -0.15) is 0 Å². The van der Waals surface area contributed by atoms with Crippen LogP contribution in [-0.2, 0) is 4.79 Å². The molecule has 2 aromatic rings. The van der Waals surface area contributed by atoms with Crippen molar-refractivity contribution in [2.45, 2.75) is 12.3 Å². The first kappa shape index (κ1) is 13.9. The van der Waals surface area contributed by atoms with Gasteiger partial charge in [-0.3, -0.25) is 9.78 Å². The second-order valence-corrected chi connectivity index (χ2v) is 4.37. The van der Waals surface area contributed by atoms with Crippen LogP contribution < -0.4 is 0 Å². The van der Waals surface area contributed by atoms with E-state index in [0.717, 1.165) is 5.56 Å². The van der Waals surface area contributed by atoms with E-state index in [1.807, 2.05) is 18.2 Å². The zero-order valence-electron chi connectivity index (χ0n) is 10.7. The van der Waals surface area contributed by atoms with Crippen molar-refractivity contribution in [2.24, 2.45) is 0 Å². The number of carboxylic acid groups (broad SMARTS) is 1. The molecule has 0 aliphatic carbocycles. The Labute approximate surface area is 116 Å². The Hall–Kier alpha value is -2.49. The van der Waals surface area contributed by atoms with Crippen LogP contribution in [0.15, 0.2) is 54.9 Å². The number of allylic oxidation sites excluding steroid dienone is 1. The number of pyridine rings is 1. The number of carboxylic acids is 1. The molecule has 0 radical (unpaired) electrons. The van der Waals surface area contributed by atoms with Crippen LogP contribution in [-0.4, -0.2) is 16.1 Å². The summed E-state index contributed by atoms with van der Waals surface area (Å²) in [6.07, 6.45) is 7.33. The van der Waals surface area contributed by atoms with Crippen molar-refractivity contribution < 1.29 is 14.3 Å². The van der Waals surface area contributed by atoms with E-state index in [9.17, 15) is 14.3 Å². The summed E-state index contributed by atoms with van der Waals surface area (Å²) in [7, 11) is 0. The predicted molar refractivity (Wildman–Crippen MR) is 74.7 cm³/mol. The van der Waals surface area contributed by atoms with E-state index in [2.05, 4.69) is 4.98 Å². The van der Waals surface area contributed by atoms with Crippen molar-refractivity contribution >= 4 is 12.0 Å². The van der Waals surface area contributed by atoms with Gasteiger partial charge in [0, 0.05) is 12.4 Å². The fourth-order valence-electron chi connectivity index (χ4n) is 1.89. The highest BCUT2D eigenvalue weighted by molar-refractivity contribution is 5.76. The van der Waals surface area contributed by atoms with Crippen molar-refractivity contribution in [3.63, 3.8) is 0 Å². The molecular formula is C16H14FNO2. The number of halogens is 1. The Balaban J connectivity index is 2.09. The predicted octanol–water partition coefficient (Wildman–Crippen LogP) is 3.49. The summed E-state index contributed by atoms with van der Waals surface area (Å²) in [4.78, 5) is 15.3. The molecule has 3 nitrogen and oxygen atoms in total. The van der Waals surface area contributed by atoms with Gasteiger partial charge < -0.3 is 5.11 Å². The van der Waals surface area contributed by atoms with Crippen LogP contribution in [0.1, 0.15) is 23.5 Å². The monoisotopic (exact) mass is 271 g/mol. The van der Waals surface area contributed by atoms with Gasteiger partial charge >= 0.3 is 5.97 Å². The molecule has 1 heterocycles. The average molecular weight is 271 g/mol. The minimum atomic E-state index is -0.924. The maximum absolute atomic E-state index is 12.9. The lowest BCUT2D eigenvalue weighted by atomic mass is 9.95. The molecule has 102 valence electrons. The number of aliphatic carboxylic acids is 1. The van der Waals surface area contributed by atoms with Crippen LogP contribution in [0.5, 0.6) is 0 Å². The Morgan fingerprint density at radius 1 is 1.30 bits per heavy atom. The summed E-state index contributed by atoms with van der Waals surface area (Å²) in [5, 5.41) is 9.25. The van der Waals surface area contributed by atoms with Gasteiger partial charge in [0.15, 0.2) is 0 Å². The third-order valence-corrected chi connectivity index (χ3v) is 2.94. The highest BCUT2D eigenvalue weighted by atomic mass is 19.1. The van der Waals surface area contributed by atoms with Gasteiger partial charge in [-0.25, -0.2) is 4.39 Å². The lowest BCUT2D eigenvalue weighted by Crippen LogP contribution is -2.10. The van der Waals surface area contributed by atoms with Gasteiger partial charge in [0.05, 0.1) is 5.92 Å². The highest BCUT2D eigenvalue weighted by Crippen LogP contribution is 2.21. The molecule has 0 saturated carbocycles. The van der Waals surface area contributed by atoms with E-state index >= 15 is 0 Å². The van der Waals surface area contributed by atoms with E-state index in [4.69, 9.17) is 0 Å². The lowest BCUT2D eigenvalue weighted by molar-refractivity contribution is -0.138. The molecule has 0 fully saturated rings. The first-order valence-electron chi connectivity index (χ1n) is 6.21. The molecule has 0 spiro atoms. The molecule has 2 rings (SSSR count). The molecule has 0 aliphatic rings. The third kappa shape index (κ3) is 3.75. The maximum atomic E-state index is 12.9. The maximum Gasteiger partial charge on any atom is 0.311 e. The van der Waals surface area contributed by atoms with Crippen molar-refractivity contribution in [2.75, 3.05) is 0 Å². The smallest absolute Gasteiger partial charge is 0.311 e. The van der Waals surface area contributed by atoms with Gasteiger partial charge in [0.1, 0.15) is 5.82 Å². The molecule has 4 heteroatoms. The normalized spacial score (nSPS) is 12.4. The van der Waals surface area contributed by atoms with Gasteiger partial charge in [0.2, 0.25) is 0 Å². The van der Waals surface area contributed by atoms with Gasteiger partial charge in [-0.05, 0) is 35.7 Å². The van der Waals surface area contributed by atoms with E-state index in [1.54, 1.807) is 18.5 Å². The van der Waals surface area contributed by atoms with E-state index in [-0.39, 0.29) is 5.82 Å². The molecule has 1 atom stereocenters. The Kier molecular flexibility index (Phi) is 4.60. The minimum absolute atomic E-state index is 0.343. The molecule has 1 N–H and O–H groups in total. The number of hydrogen-bond acceptors (Lipinski definition) is 2. The molecule has 1 unspecified atom stereocenters. The summed E-state index contributed by atoms with van der Waals surface area (Å²) >= 11 is 0. The van der Waals surface area contributed by atoms with Crippen molar-refractivity contribution in [1.82, 2.24) is 4.98 Å². The zero-order valence-corrected chi connectivity index (χ0v) is 10.7. The first-order valence-corrected chi connectivity index (χ1v) is 6.21. The molecule has 20 heavy (non-hydrogen) atoms. The number of benzene rings is 1. The van der Waals surface area contributed by atoms with Crippen LogP contribution >= 0.6 is 0 Å². The summed E-state index contributed by atoms with van der Waals surface area (Å²) in [5.74, 6) is -1.97. The van der Waals surface area contributed by atoms with Crippen LogP contribution in [0.25, 0.3) is 6.08 Å². The van der Waals surface area contributed by atoms with Crippen molar-refractivity contribution in [3.8, 4) is 0 Å². The van der Waals surface area contributed by atoms with Crippen molar-refractivity contribution in [1.29, 1.82) is 0 Å². The summed E-state index contributed by atoms with van der Waals surface area (Å²) in [6, 6.07) is 9.26. The average Bonchev–Trinajstić information content (AvgIpc) is 2.46. The standard InChI is InChI=1S/C16H14FNO2/c17-14-8-6-13(7-9-14)15(16(19)20)5-1-3-12-4-2-10-18-11-12/h1-4,6-11,15H,5H2,(H,19,20). The quantitative estimate of drug-likeness (QED) is 0.905. The van der Waals surface area contributed by atoms with Crippen LogP contribution in [0, 0.1) is 5.82 Å². The summed E-state index contributed by atoms with van der Waals surface area (Å²) in [6.45, 7) is 0. The van der Waals surface area contributed by atoms with Crippen molar-refractivity contribution in [3.05, 3.63) is 71.8 Å².